The standard InChI is InChI=1S/C25H28ClFN6O2/c1-32-11-21(29-12-32)24(34)28-10-14-5-15-7-17(8-16(15)6-14)22-23(33(2)13-30-22)25(35)31-18-3-4-20(27)19(26)9-18/h3-4,9,11-17H,5-8,10H2,1-2H3,(H,28,34)(H,31,35). The number of imidazole rings is 2. The normalized spacial score (nSPS) is 23.3. The average molecular weight is 499 g/mol. The molecule has 0 bridgehead atoms. The number of hydrogen-bond acceptors (Lipinski definition) is 4. The molecule has 3 aromatic rings. The molecule has 2 aliphatic carbocycles. The van der Waals surface area contributed by atoms with Gasteiger partial charge < -0.3 is 19.8 Å². The molecular weight excluding hydrogens is 471 g/mol. The molecule has 1 aromatic carbocycles. The second kappa shape index (κ2) is 9.45. The van der Waals surface area contributed by atoms with Crippen molar-refractivity contribution in [3.05, 3.63) is 65.0 Å². The number of aryl methyl sites for hydroxylation is 2. The number of nitrogens with zero attached hydrogens (tertiary/aromatic N) is 4. The third-order valence-electron chi connectivity index (χ3n) is 7.35. The number of nitrogens with one attached hydrogen (secondary N) is 2. The maximum Gasteiger partial charge on any atom is 0.274 e. The molecule has 2 unspecified atom stereocenters. The fraction of sp³-hybridized carbons (Fsp3) is 0.440. The molecular formula is C25H28ClFN6O2. The van der Waals surface area contributed by atoms with E-state index in [1.807, 2.05) is 7.05 Å². The molecule has 2 heterocycles. The van der Waals surface area contributed by atoms with Crippen LogP contribution in [-0.2, 0) is 14.1 Å². The number of anilines is 1. The number of hydrogen-bond donors (Lipinski definition) is 2. The van der Waals surface area contributed by atoms with Gasteiger partial charge in [-0.3, -0.25) is 9.59 Å². The average Bonchev–Trinajstić information content (AvgIpc) is 3.57. The Morgan fingerprint density at radius 1 is 1.09 bits per heavy atom. The van der Waals surface area contributed by atoms with E-state index in [4.69, 9.17) is 11.6 Å². The number of amides is 2. The topological polar surface area (TPSA) is 93.8 Å². The lowest BCUT2D eigenvalue weighted by Gasteiger charge is -2.16. The van der Waals surface area contributed by atoms with Crippen molar-refractivity contribution in [3.63, 3.8) is 0 Å². The van der Waals surface area contributed by atoms with E-state index in [0.717, 1.165) is 31.4 Å². The van der Waals surface area contributed by atoms with Crippen LogP contribution in [0.15, 0.2) is 37.1 Å². The van der Waals surface area contributed by atoms with Crippen LogP contribution in [0.1, 0.15) is 58.3 Å². The Hall–Kier alpha value is -3.20. The molecule has 2 aromatic heterocycles. The van der Waals surface area contributed by atoms with Crippen LogP contribution in [0.2, 0.25) is 5.02 Å². The van der Waals surface area contributed by atoms with Gasteiger partial charge in [-0.1, -0.05) is 11.6 Å². The summed E-state index contributed by atoms with van der Waals surface area (Å²) in [4.78, 5) is 34.1. The molecule has 2 saturated carbocycles. The van der Waals surface area contributed by atoms with E-state index in [0.29, 0.717) is 41.4 Å². The van der Waals surface area contributed by atoms with Crippen molar-refractivity contribution in [1.29, 1.82) is 0 Å². The molecule has 2 fully saturated rings. The van der Waals surface area contributed by atoms with Gasteiger partial charge in [0.1, 0.15) is 17.2 Å². The van der Waals surface area contributed by atoms with Crippen LogP contribution in [0, 0.1) is 23.6 Å². The van der Waals surface area contributed by atoms with Gasteiger partial charge in [-0.05, 0) is 61.6 Å². The van der Waals surface area contributed by atoms with Crippen molar-refractivity contribution >= 4 is 29.1 Å². The highest BCUT2D eigenvalue weighted by molar-refractivity contribution is 6.31. The van der Waals surface area contributed by atoms with Crippen molar-refractivity contribution in [2.45, 2.75) is 31.6 Å². The molecule has 0 spiro atoms. The molecule has 0 aliphatic heterocycles. The fourth-order valence-electron chi connectivity index (χ4n) is 5.78. The molecule has 2 atom stereocenters. The molecule has 5 rings (SSSR count). The second-order valence-corrected chi connectivity index (χ2v) is 10.2. The monoisotopic (exact) mass is 498 g/mol. The molecule has 8 nitrogen and oxygen atoms in total. The first kappa shape index (κ1) is 23.5. The van der Waals surface area contributed by atoms with Crippen molar-refractivity contribution in [2.24, 2.45) is 31.8 Å². The van der Waals surface area contributed by atoms with E-state index in [-0.39, 0.29) is 22.8 Å². The Bertz CT molecular complexity index is 1260. The first-order valence-electron chi connectivity index (χ1n) is 11.8. The predicted octanol–water partition coefficient (Wildman–Crippen LogP) is 4.15. The summed E-state index contributed by atoms with van der Waals surface area (Å²) in [6.07, 6.45) is 9.10. The minimum absolute atomic E-state index is 0.0394. The van der Waals surface area contributed by atoms with Crippen LogP contribution >= 0.6 is 11.6 Å². The molecule has 2 amide bonds. The maximum absolute atomic E-state index is 13.5. The van der Waals surface area contributed by atoms with Crippen LogP contribution in [0.25, 0.3) is 0 Å². The summed E-state index contributed by atoms with van der Waals surface area (Å²) in [7, 11) is 3.65. The molecule has 2 aliphatic rings. The third kappa shape index (κ3) is 4.82. The van der Waals surface area contributed by atoms with Crippen molar-refractivity contribution in [2.75, 3.05) is 11.9 Å². The van der Waals surface area contributed by atoms with Crippen LogP contribution in [0.5, 0.6) is 0 Å². The largest absolute Gasteiger partial charge is 0.350 e. The third-order valence-corrected chi connectivity index (χ3v) is 7.64. The van der Waals surface area contributed by atoms with E-state index < -0.39 is 5.82 Å². The minimum atomic E-state index is -0.530. The predicted molar refractivity (Wildman–Crippen MR) is 130 cm³/mol. The zero-order valence-corrected chi connectivity index (χ0v) is 20.4. The zero-order valence-electron chi connectivity index (χ0n) is 19.7. The Labute approximate surface area is 207 Å². The van der Waals surface area contributed by atoms with E-state index in [9.17, 15) is 14.0 Å². The first-order valence-corrected chi connectivity index (χ1v) is 12.2. The highest BCUT2D eigenvalue weighted by Gasteiger charge is 2.43. The lowest BCUT2D eigenvalue weighted by Crippen LogP contribution is -2.29. The smallest absolute Gasteiger partial charge is 0.274 e. The lowest BCUT2D eigenvalue weighted by atomic mass is 9.94. The van der Waals surface area contributed by atoms with Crippen molar-refractivity contribution in [3.8, 4) is 0 Å². The molecule has 2 N–H and O–H groups in total. The zero-order chi connectivity index (χ0) is 24.7. The van der Waals surface area contributed by atoms with Crippen LogP contribution in [0.4, 0.5) is 10.1 Å². The summed E-state index contributed by atoms with van der Waals surface area (Å²) >= 11 is 5.86. The Balaban J connectivity index is 1.19. The lowest BCUT2D eigenvalue weighted by molar-refractivity contribution is 0.0941. The van der Waals surface area contributed by atoms with Gasteiger partial charge in [0.25, 0.3) is 11.8 Å². The number of rotatable bonds is 6. The molecule has 10 heteroatoms. The van der Waals surface area contributed by atoms with E-state index >= 15 is 0 Å². The summed E-state index contributed by atoms with van der Waals surface area (Å²) < 4.78 is 17.0. The van der Waals surface area contributed by atoms with Gasteiger partial charge in [-0.25, -0.2) is 14.4 Å². The summed E-state index contributed by atoms with van der Waals surface area (Å²) in [6, 6.07) is 4.12. The summed E-state index contributed by atoms with van der Waals surface area (Å²) in [5, 5.41) is 5.81. The molecule has 0 saturated heterocycles. The fourth-order valence-corrected chi connectivity index (χ4v) is 5.96. The van der Waals surface area contributed by atoms with E-state index in [1.54, 1.807) is 35.0 Å². The quantitative estimate of drug-likeness (QED) is 0.534. The molecule has 0 radical (unpaired) electrons. The number of fused-ring (bicyclic) bond motifs is 1. The van der Waals surface area contributed by atoms with Gasteiger partial charge in [0, 0.05) is 38.4 Å². The Morgan fingerprint density at radius 2 is 1.83 bits per heavy atom. The van der Waals surface area contributed by atoms with Crippen LogP contribution in [0.3, 0.4) is 0 Å². The van der Waals surface area contributed by atoms with Gasteiger partial charge in [-0.15, -0.1) is 0 Å². The van der Waals surface area contributed by atoms with Gasteiger partial charge in [-0.2, -0.15) is 0 Å². The Morgan fingerprint density at radius 3 is 2.49 bits per heavy atom. The van der Waals surface area contributed by atoms with Gasteiger partial charge in [0.2, 0.25) is 0 Å². The summed E-state index contributed by atoms with van der Waals surface area (Å²) in [6.45, 7) is 0.657. The number of benzene rings is 1. The van der Waals surface area contributed by atoms with Crippen molar-refractivity contribution < 1.29 is 14.0 Å². The number of carbonyl (C=O) groups excluding carboxylic acids is 2. The van der Waals surface area contributed by atoms with Gasteiger partial charge in [0.05, 0.1) is 23.4 Å². The SMILES string of the molecule is Cn1cnc(C(=O)NCC2CC3CC(c4ncn(C)c4C(=O)Nc4ccc(F)c(Cl)c4)CC3C2)c1. The number of carbonyl (C=O) groups is 2. The summed E-state index contributed by atoms with van der Waals surface area (Å²) in [5.41, 5.74) is 2.21. The maximum atomic E-state index is 13.5. The highest BCUT2D eigenvalue weighted by atomic mass is 35.5. The molecule has 184 valence electrons. The first-order chi connectivity index (χ1) is 16.8. The Kier molecular flexibility index (Phi) is 6.35. The highest BCUT2D eigenvalue weighted by Crippen LogP contribution is 2.52. The van der Waals surface area contributed by atoms with Crippen LogP contribution in [-0.4, -0.2) is 37.5 Å². The van der Waals surface area contributed by atoms with Crippen molar-refractivity contribution in [1.82, 2.24) is 24.4 Å². The summed E-state index contributed by atoms with van der Waals surface area (Å²) in [5.74, 6) is 0.845. The molecule has 35 heavy (non-hydrogen) atoms. The van der Waals surface area contributed by atoms with Gasteiger partial charge >= 0.3 is 0 Å². The van der Waals surface area contributed by atoms with E-state index in [1.165, 1.54) is 18.2 Å². The number of aromatic nitrogens is 4. The van der Waals surface area contributed by atoms with E-state index in [2.05, 4.69) is 20.6 Å². The van der Waals surface area contributed by atoms with Crippen LogP contribution < -0.4 is 10.6 Å². The number of halogens is 2. The van der Waals surface area contributed by atoms with Gasteiger partial charge in [0.15, 0.2) is 0 Å². The second-order valence-electron chi connectivity index (χ2n) is 9.83. The minimum Gasteiger partial charge on any atom is -0.350 e.